The molecule has 2 aromatic rings. The number of ether oxygens (including phenoxy) is 1. The van der Waals surface area contributed by atoms with Gasteiger partial charge in [0.25, 0.3) is 11.6 Å². The van der Waals surface area contributed by atoms with Crippen LogP contribution >= 0.6 is 0 Å². The van der Waals surface area contributed by atoms with Crippen molar-refractivity contribution in [3.05, 3.63) is 69.0 Å². The van der Waals surface area contributed by atoms with Crippen molar-refractivity contribution in [2.45, 2.75) is 44.1 Å². The van der Waals surface area contributed by atoms with Crippen LogP contribution in [0.1, 0.15) is 41.8 Å². The lowest BCUT2D eigenvalue weighted by Gasteiger charge is -2.36. The summed E-state index contributed by atoms with van der Waals surface area (Å²) in [6.07, 6.45) is -6.82. The molecule has 2 N–H and O–H groups in total. The van der Waals surface area contributed by atoms with Crippen molar-refractivity contribution in [1.82, 2.24) is 0 Å². The largest absolute Gasteiger partial charge is 0.457 e. The lowest BCUT2D eigenvalue weighted by Crippen LogP contribution is -2.57. The summed E-state index contributed by atoms with van der Waals surface area (Å²) in [5.74, 6) is -3.39. The van der Waals surface area contributed by atoms with E-state index in [9.17, 15) is 42.4 Å². The van der Waals surface area contributed by atoms with Crippen molar-refractivity contribution in [2.75, 3.05) is 5.32 Å². The first kappa shape index (κ1) is 24.1. The maximum Gasteiger partial charge on any atom is 0.426 e. The maximum absolute atomic E-state index is 13.9. The number of hydrogen-bond acceptors (Lipinski definition) is 6. The molecule has 8 nitrogen and oxygen atoms in total. The van der Waals surface area contributed by atoms with E-state index in [1.165, 1.54) is 18.2 Å². The number of halogens is 4. The van der Waals surface area contributed by atoms with Gasteiger partial charge in [-0.3, -0.25) is 14.9 Å². The molecule has 0 saturated heterocycles. The van der Waals surface area contributed by atoms with Gasteiger partial charge in [-0.2, -0.15) is 13.2 Å². The fourth-order valence-electron chi connectivity index (χ4n) is 3.70. The number of anilines is 1. The van der Waals surface area contributed by atoms with Gasteiger partial charge in [0.1, 0.15) is 12.4 Å². The number of esters is 1. The smallest absolute Gasteiger partial charge is 0.426 e. The second-order valence-corrected chi connectivity index (χ2v) is 8.24. The summed E-state index contributed by atoms with van der Waals surface area (Å²) in [5, 5.41) is 23.8. The molecule has 1 amide bonds. The Balaban J connectivity index is 1.96. The number of nitro groups is 1. The Morgan fingerprint density at radius 3 is 2.48 bits per heavy atom. The van der Waals surface area contributed by atoms with Crippen LogP contribution in [-0.2, 0) is 21.6 Å². The van der Waals surface area contributed by atoms with E-state index in [1.807, 2.05) is 5.32 Å². The van der Waals surface area contributed by atoms with Crippen LogP contribution in [0.25, 0.3) is 0 Å². The van der Waals surface area contributed by atoms with E-state index in [0.29, 0.717) is 11.6 Å². The number of nitrogens with one attached hydrogen (secondary N) is 1. The molecule has 0 saturated carbocycles. The topological polar surface area (TPSA) is 119 Å². The van der Waals surface area contributed by atoms with Crippen LogP contribution in [0.4, 0.5) is 28.9 Å². The number of nitrogens with zero attached hydrogens (tertiary/aromatic N) is 1. The Hall–Kier alpha value is -3.54. The molecule has 1 aliphatic rings. The molecule has 176 valence electrons. The van der Waals surface area contributed by atoms with Gasteiger partial charge >= 0.3 is 12.1 Å². The zero-order chi connectivity index (χ0) is 24.8. The van der Waals surface area contributed by atoms with E-state index in [1.54, 1.807) is 0 Å². The average molecular weight is 470 g/mol. The van der Waals surface area contributed by atoms with Crippen molar-refractivity contribution in [3.63, 3.8) is 0 Å². The highest BCUT2D eigenvalue weighted by atomic mass is 19.4. The Labute approximate surface area is 184 Å². The van der Waals surface area contributed by atoms with E-state index >= 15 is 0 Å². The minimum absolute atomic E-state index is 0.127. The first-order chi connectivity index (χ1) is 15.2. The molecule has 1 aliphatic heterocycles. The molecule has 0 spiro atoms. The van der Waals surface area contributed by atoms with E-state index < -0.39 is 57.5 Å². The number of benzene rings is 2. The van der Waals surface area contributed by atoms with Gasteiger partial charge in [-0.1, -0.05) is 13.8 Å². The summed E-state index contributed by atoms with van der Waals surface area (Å²) >= 11 is 0. The van der Waals surface area contributed by atoms with Crippen LogP contribution in [0.3, 0.4) is 0 Å². The van der Waals surface area contributed by atoms with Gasteiger partial charge in [0.2, 0.25) is 5.60 Å². The van der Waals surface area contributed by atoms with E-state index in [2.05, 4.69) is 0 Å². The first-order valence-electron chi connectivity index (χ1n) is 9.51. The maximum atomic E-state index is 13.9. The number of nitro benzene ring substituents is 1. The van der Waals surface area contributed by atoms with Gasteiger partial charge in [0.05, 0.1) is 10.5 Å². The summed E-state index contributed by atoms with van der Waals surface area (Å²) in [6, 6.07) is 5.94. The van der Waals surface area contributed by atoms with Gasteiger partial charge in [0, 0.05) is 34.7 Å². The van der Waals surface area contributed by atoms with Gasteiger partial charge in [-0.15, -0.1) is 0 Å². The second kappa shape index (κ2) is 8.10. The fourth-order valence-corrected chi connectivity index (χ4v) is 3.70. The molecule has 0 aromatic heterocycles. The third kappa shape index (κ3) is 4.51. The minimum Gasteiger partial charge on any atom is -0.457 e. The average Bonchev–Trinajstić information content (AvgIpc) is 3.06. The number of cyclic esters (lactones) is 1. The number of aliphatic hydroxyl groups is 1. The highest BCUT2D eigenvalue weighted by Gasteiger charge is 2.61. The predicted molar refractivity (Wildman–Crippen MR) is 106 cm³/mol. The highest BCUT2D eigenvalue weighted by molar-refractivity contribution is 5.99. The molecule has 1 unspecified atom stereocenters. The van der Waals surface area contributed by atoms with Crippen molar-refractivity contribution in [3.8, 4) is 0 Å². The van der Waals surface area contributed by atoms with Crippen LogP contribution in [0.5, 0.6) is 0 Å². The third-order valence-electron chi connectivity index (χ3n) is 5.37. The molecule has 0 radical (unpaired) electrons. The summed E-state index contributed by atoms with van der Waals surface area (Å²) in [6.45, 7) is 2.12. The second-order valence-electron chi connectivity index (χ2n) is 8.24. The summed E-state index contributed by atoms with van der Waals surface area (Å²) in [7, 11) is 0. The molecule has 33 heavy (non-hydrogen) atoms. The van der Waals surface area contributed by atoms with Crippen molar-refractivity contribution >= 4 is 23.3 Å². The van der Waals surface area contributed by atoms with Crippen molar-refractivity contribution in [1.29, 1.82) is 0 Å². The molecular formula is C21H18F4N2O6. The lowest BCUT2D eigenvalue weighted by molar-refractivity contribution is -0.386. The van der Waals surface area contributed by atoms with Crippen LogP contribution in [0.2, 0.25) is 0 Å². The number of alkyl halides is 3. The molecule has 2 aromatic carbocycles. The van der Waals surface area contributed by atoms with E-state index in [0.717, 1.165) is 26.0 Å². The number of fused-ring (bicyclic) bond motifs is 1. The van der Waals surface area contributed by atoms with Gasteiger partial charge < -0.3 is 15.2 Å². The normalized spacial score (nSPS) is 15.4. The molecule has 0 aliphatic carbocycles. The fraction of sp³-hybridized carbons (Fsp3) is 0.333. The zero-order valence-electron chi connectivity index (χ0n) is 17.3. The number of rotatable bonds is 6. The molecule has 3 rings (SSSR count). The van der Waals surface area contributed by atoms with Crippen LogP contribution in [0.15, 0.2) is 36.4 Å². The Bertz CT molecular complexity index is 1150. The molecule has 0 fully saturated rings. The van der Waals surface area contributed by atoms with Crippen molar-refractivity contribution in [2.24, 2.45) is 0 Å². The SMILES string of the molecule is CC(C)(CC(O)(C(=O)Nc1ccc2c(c1)COC2=O)C(F)(F)F)c1cc(F)ccc1[N+](=O)[O-]. The van der Waals surface area contributed by atoms with Crippen LogP contribution < -0.4 is 5.32 Å². The number of hydrogen-bond donors (Lipinski definition) is 2. The quantitative estimate of drug-likeness (QED) is 0.285. The predicted octanol–water partition coefficient (Wildman–Crippen LogP) is 4.00. The standard InChI is InChI=1S/C21H18F4N2O6/c1-19(2,15-8-12(22)3-6-16(15)27(31)32)10-20(30,21(23,24)25)18(29)26-13-4-5-14-11(7-13)9-33-17(14)28/h3-8,30H,9-10H2,1-2H3,(H,26,29). The highest BCUT2D eigenvalue weighted by Crippen LogP contribution is 2.44. The number of carbonyl (C=O) groups excluding carboxylic acids is 2. The summed E-state index contributed by atoms with van der Waals surface area (Å²) < 4.78 is 60.4. The van der Waals surface area contributed by atoms with E-state index in [4.69, 9.17) is 4.74 Å². The zero-order valence-corrected chi connectivity index (χ0v) is 17.3. The number of carbonyl (C=O) groups is 2. The Morgan fingerprint density at radius 2 is 1.88 bits per heavy atom. The Morgan fingerprint density at radius 1 is 1.21 bits per heavy atom. The van der Waals surface area contributed by atoms with Crippen LogP contribution in [-0.4, -0.2) is 33.7 Å². The molecule has 1 heterocycles. The van der Waals surface area contributed by atoms with Crippen LogP contribution in [0, 0.1) is 15.9 Å². The lowest BCUT2D eigenvalue weighted by atomic mass is 9.74. The van der Waals surface area contributed by atoms with Gasteiger partial charge in [0.15, 0.2) is 0 Å². The molecular weight excluding hydrogens is 452 g/mol. The first-order valence-corrected chi connectivity index (χ1v) is 9.51. The molecule has 0 bridgehead atoms. The molecule has 1 atom stereocenters. The van der Waals surface area contributed by atoms with Gasteiger partial charge in [-0.05, 0) is 30.3 Å². The number of amides is 1. The van der Waals surface area contributed by atoms with Gasteiger partial charge in [-0.25, -0.2) is 9.18 Å². The summed E-state index contributed by atoms with van der Waals surface area (Å²) in [4.78, 5) is 34.6. The third-order valence-corrected chi connectivity index (χ3v) is 5.37. The van der Waals surface area contributed by atoms with Crippen molar-refractivity contribution < 1.29 is 41.9 Å². The molecule has 12 heteroatoms. The monoisotopic (exact) mass is 470 g/mol. The van der Waals surface area contributed by atoms with E-state index in [-0.39, 0.29) is 17.9 Å². The summed E-state index contributed by atoms with van der Waals surface area (Å²) in [5.41, 5.74) is -6.52. The Kier molecular flexibility index (Phi) is 5.92. The minimum atomic E-state index is -5.48.